The molecular formula is C18H28O4. The second-order valence-corrected chi connectivity index (χ2v) is 7.41. The zero-order valence-corrected chi connectivity index (χ0v) is 13.9. The van der Waals surface area contributed by atoms with Crippen molar-refractivity contribution >= 4 is 11.8 Å². The molecule has 2 saturated carbocycles. The molecule has 4 heteroatoms. The average Bonchev–Trinajstić information content (AvgIpc) is 2.81. The molecule has 124 valence electrons. The van der Waals surface area contributed by atoms with E-state index < -0.39 is 0 Å². The van der Waals surface area contributed by atoms with Crippen LogP contribution in [0.5, 0.6) is 0 Å². The van der Waals surface area contributed by atoms with E-state index in [9.17, 15) is 14.7 Å². The zero-order valence-electron chi connectivity index (χ0n) is 13.9. The summed E-state index contributed by atoms with van der Waals surface area (Å²) in [5.41, 5.74) is 0.0220. The highest BCUT2D eigenvalue weighted by Gasteiger charge is 2.60. The fraction of sp³-hybridized carbons (Fsp3) is 0.778. The van der Waals surface area contributed by atoms with E-state index in [1.807, 2.05) is 6.08 Å². The van der Waals surface area contributed by atoms with E-state index in [1.165, 1.54) is 6.92 Å². The highest BCUT2D eigenvalue weighted by atomic mass is 16.5. The first-order valence-electron chi connectivity index (χ1n) is 8.26. The number of aliphatic hydroxyl groups is 1. The number of carbonyl (C=O) groups is 2. The smallest absolute Gasteiger partial charge is 0.302 e. The molecule has 0 aliphatic heterocycles. The third-order valence-corrected chi connectivity index (χ3v) is 5.68. The Labute approximate surface area is 132 Å². The Hall–Kier alpha value is -1.16. The SMILES string of the molecule is C=C[C@H]1[C@@H]([C@H](CC(=O)[C@@H]2CCC[C@H]2CO)OC(C)=O)C1(C)C. The first-order chi connectivity index (χ1) is 10.3. The third kappa shape index (κ3) is 3.27. The molecule has 0 heterocycles. The third-order valence-electron chi connectivity index (χ3n) is 5.68. The average molecular weight is 308 g/mol. The van der Waals surface area contributed by atoms with Crippen LogP contribution in [0, 0.1) is 29.1 Å². The molecule has 0 aromatic rings. The van der Waals surface area contributed by atoms with E-state index in [1.54, 1.807) is 0 Å². The number of Topliss-reactive ketones (excluding diaryl/α,β-unsaturated/α-hetero) is 1. The predicted octanol–water partition coefficient (Wildman–Crippen LogP) is 2.74. The van der Waals surface area contributed by atoms with Crippen LogP contribution in [0.3, 0.4) is 0 Å². The van der Waals surface area contributed by atoms with Crippen LogP contribution in [0.25, 0.3) is 0 Å². The molecule has 2 rings (SSSR count). The number of ketones is 1. The van der Waals surface area contributed by atoms with Crippen molar-refractivity contribution in [2.24, 2.45) is 29.1 Å². The minimum Gasteiger partial charge on any atom is -0.462 e. The van der Waals surface area contributed by atoms with E-state index in [0.29, 0.717) is 0 Å². The van der Waals surface area contributed by atoms with Gasteiger partial charge in [-0.3, -0.25) is 9.59 Å². The Balaban J connectivity index is 2.06. The molecule has 0 spiro atoms. The number of esters is 1. The van der Waals surface area contributed by atoms with Crippen molar-refractivity contribution in [1.82, 2.24) is 0 Å². The Morgan fingerprint density at radius 2 is 2.09 bits per heavy atom. The van der Waals surface area contributed by atoms with Gasteiger partial charge in [-0.15, -0.1) is 6.58 Å². The Bertz CT molecular complexity index is 454. The molecule has 2 aliphatic carbocycles. The van der Waals surface area contributed by atoms with Gasteiger partial charge in [-0.25, -0.2) is 0 Å². The van der Waals surface area contributed by atoms with Crippen LogP contribution in [-0.4, -0.2) is 29.6 Å². The van der Waals surface area contributed by atoms with E-state index >= 15 is 0 Å². The van der Waals surface area contributed by atoms with E-state index in [2.05, 4.69) is 20.4 Å². The van der Waals surface area contributed by atoms with Crippen LogP contribution < -0.4 is 0 Å². The van der Waals surface area contributed by atoms with E-state index in [-0.39, 0.29) is 60.0 Å². The fourth-order valence-corrected chi connectivity index (χ4v) is 4.36. The zero-order chi connectivity index (χ0) is 16.5. The van der Waals surface area contributed by atoms with Crippen LogP contribution in [-0.2, 0) is 14.3 Å². The van der Waals surface area contributed by atoms with Gasteiger partial charge in [0.1, 0.15) is 11.9 Å². The van der Waals surface area contributed by atoms with Gasteiger partial charge in [0, 0.05) is 31.8 Å². The van der Waals surface area contributed by atoms with Crippen molar-refractivity contribution in [3.8, 4) is 0 Å². The van der Waals surface area contributed by atoms with Crippen LogP contribution in [0.1, 0.15) is 46.5 Å². The molecule has 0 radical (unpaired) electrons. The topological polar surface area (TPSA) is 63.6 Å². The fourth-order valence-electron chi connectivity index (χ4n) is 4.36. The first kappa shape index (κ1) is 17.2. The van der Waals surface area contributed by atoms with Crippen LogP contribution in [0.4, 0.5) is 0 Å². The summed E-state index contributed by atoms with van der Waals surface area (Å²) in [5.74, 6) is 0.232. The number of ether oxygens (including phenoxy) is 1. The molecule has 0 aromatic heterocycles. The summed E-state index contributed by atoms with van der Waals surface area (Å²) in [6.07, 6.45) is 4.54. The maximum atomic E-state index is 12.6. The number of hydrogen-bond acceptors (Lipinski definition) is 4. The minimum atomic E-state index is -0.372. The molecule has 2 fully saturated rings. The Morgan fingerprint density at radius 3 is 2.59 bits per heavy atom. The van der Waals surface area contributed by atoms with Crippen LogP contribution in [0.2, 0.25) is 0 Å². The van der Waals surface area contributed by atoms with E-state index in [4.69, 9.17) is 4.74 Å². The van der Waals surface area contributed by atoms with Gasteiger partial charge in [0.15, 0.2) is 0 Å². The summed E-state index contributed by atoms with van der Waals surface area (Å²) in [4.78, 5) is 24.0. The Kier molecular flexibility index (Phi) is 5.10. The summed E-state index contributed by atoms with van der Waals surface area (Å²) in [6.45, 7) is 9.56. The van der Waals surface area contributed by atoms with Crippen molar-refractivity contribution in [3.05, 3.63) is 12.7 Å². The van der Waals surface area contributed by atoms with Crippen molar-refractivity contribution in [2.45, 2.75) is 52.6 Å². The summed E-state index contributed by atoms with van der Waals surface area (Å²) in [6, 6.07) is 0. The molecule has 5 atom stereocenters. The number of carbonyl (C=O) groups excluding carboxylic acids is 2. The van der Waals surface area contributed by atoms with Crippen molar-refractivity contribution in [3.63, 3.8) is 0 Å². The van der Waals surface area contributed by atoms with Crippen molar-refractivity contribution < 1.29 is 19.4 Å². The lowest BCUT2D eigenvalue weighted by Crippen LogP contribution is -2.30. The largest absolute Gasteiger partial charge is 0.462 e. The number of aliphatic hydroxyl groups excluding tert-OH is 1. The van der Waals surface area contributed by atoms with Gasteiger partial charge in [0.05, 0.1) is 0 Å². The molecule has 22 heavy (non-hydrogen) atoms. The Morgan fingerprint density at radius 1 is 1.41 bits per heavy atom. The minimum absolute atomic E-state index is 0.0220. The molecule has 2 aliphatic rings. The maximum Gasteiger partial charge on any atom is 0.302 e. The molecular weight excluding hydrogens is 280 g/mol. The monoisotopic (exact) mass is 308 g/mol. The molecule has 0 aromatic carbocycles. The van der Waals surface area contributed by atoms with Crippen LogP contribution in [0.15, 0.2) is 12.7 Å². The molecule has 0 unspecified atom stereocenters. The lowest BCUT2D eigenvalue weighted by Gasteiger charge is -2.22. The quantitative estimate of drug-likeness (QED) is 0.580. The maximum absolute atomic E-state index is 12.6. The van der Waals surface area contributed by atoms with Gasteiger partial charge in [-0.1, -0.05) is 26.3 Å². The highest BCUT2D eigenvalue weighted by Crippen LogP contribution is 2.61. The summed E-state index contributed by atoms with van der Waals surface area (Å²) in [5, 5.41) is 9.40. The predicted molar refractivity (Wildman–Crippen MR) is 84.1 cm³/mol. The van der Waals surface area contributed by atoms with E-state index in [0.717, 1.165) is 19.3 Å². The molecule has 0 saturated heterocycles. The summed E-state index contributed by atoms with van der Waals surface area (Å²) >= 11 is 0. The van der Waals surface area contributed by atoms with Gasteiger partial charge in [0.2, 0.25) is 0 Å². The molecule has 0 amide bonds. The van der Waals surface area contributed by atoms with Crippen molar-refractivity contribution in [2.75, 3.05) is 6.61 Å². The first-order valence-corrected chi connectivity index (χ1v) is 8.26. The van der Waals surface area contributed by atoms with Gasteiger partial charge < -0.3 is 9.84 Å². The lowest BCUT2D eigenvalue weighted by molar-refractivity contribution is -0.149. The number of allylic oxidation sites excluding steroid dienone is 1. The van der Waals surface area contributed by atoms with Gasteiger partial charge in [-0.2, -0.15) is 0 Å². The van der Waals surface area contributed by atoms with Gasteiger partial charge in [-0.05, 0) is 30.1 Å². The summed E-state index contributed by atoms with van der Waals surface area (Å²) in [7, 11) is 0. The second kappa shape index (κ2) is 6.53. The molecule has 4 nitrogen and oxygen atoms in total. The standard InChI is InChI=1S/C18H28O4/c1-5-14-17(18(14,3)4)16(22-11(2)20)9-15(21)13-8-6-7-12(13)10-19/h5,12-14,16-17,19H,1,6-10H2,2-4H3/t12-,13+,14-,16-,17-/m0/s1. The number of hydrogen-bond donors (Lipinski definition) is 1. The van der Waals surface area contributed by atoms with Gasteiger partial charge in [0.25, 0.3) is 0 Å². The lowest BCUT2D eigenvalue weighted by atomic mass is 9.88. The normalized spacial score (nSPS) is 34.0. The number of rotatable bonds is 7. The van der Waals surface area contributed by atoms with Crippen LogP contribution >= 0.6 is 0 Å². The van der Waals surface area contributed by atoms with Crippen molar-refractivity contribution in [1.29, 1.82) is 0 Å². The molecule has 0 bridgehead atoms. The van der Waals surface area contributed by atoms with Gasteiger partial charge >= 0.3 is 5.97 Å². The highest BCUT2D eigenvalue weighted by molar-refractivity contribution is 5.82. The summed E-state index contributed by atoms with van der Waals surface area (Å²) < 4.78 is 5.47. The molecule has 1 N–H and O–H groups in total. The second-order valence-electron chi connectivity index (χ2n) is 7.41.